The minimum absolute atomic E-state index is 0.138. The molecule has 1 aliphatic rings. The van der Waals surface area contributed by atoms with Crippen LogP contribution in [0.3, 0.4) is 0 Å². The van der Waals surface area contributed by atoms with Gasteiger partial charge >= 0.3 is 0 Å². The Morgan fingerprint density at radius 1 is 1.24 bits per heavy atom. The van der Waals surface area contributed by atoms with Crippen molar-refractivity contribution < 1.29 is 9.13 Å². The molecule has 4 N–H and O–H groups in total. The van der Waals surface area contributed by atoms with Crippen LogP contribution in [0.1, 0.15) is 18.9 Å². The van der Waals surface area contributed by atoms with Gasteiger partial charge in [0.1, 0.15) is 23.1 Å². The Balaban J connectivity index is 1.55. The van der Waals surface area contributed by atoms with E-state index in [1.807, 2.05) is 54.4 Å². The van der Waals surface area contributed by atoms with Gasteiger partial charge in [0.15, 0.2) is 5.82 Å². The standard InChI is InChI=1S/C23H26FN7OS/c1-14(25)20-21(26)28-22(29-23(20)32-18-10-12-31(2)13-17(18)24)15-6-8-16(9-7-15)30-33-19-5-3-4-11-27-19/h3-9,11,17-18,25,30H,10,12-13H2,1-2H3,(H2,26,28,29). The summed E-state index contributed by atoms with van der Waals surface area (Å²) in [5, 5.41) is 8.94. The predicted octanol–water partition coefficient (Wildman–Crippen LogP) is 4.05. The van der Waals surface area contributed by atoms with Crippen LogP contribution in [0, 0.1) is 5.41 Å². The molecule has 0 aliphatic carbocycles. The van der Waals surface area contributed by atoms with Crippen LogP contribution in [0.15, 0.2) is 53.7 Å². The molecule has 8 nitrogen and oxygen atoms in total. The highest BCUT2D eigenvalue weighted by atomic mass is 32.2. The number of benzene rings is 1. The Morgan fingerprint density at radius 2 is 2.03 bits per heavy atom. The summed E-state index contributed by atoms with van der Waals surface area (Å²) >= 11 is 1.41. The van der Waals surface area contributed by atoms with Crippen molar-refractivity contribution in [2.45, 2.75) is 30.6 Å². The lowest BCUT2D eigenvalue weighted by atomic mass is 10.1. The molecule has 0 bridgehead atoms. The van der Waals surface area contributed by atoms with Crippen LogP contribution in [0.5, 0.6) is 5.88 Å². The Labute approximate surface area is 196 Å². The molecule has 1 aromatic carbocycles. The minimum Gasteiger partial charge on any atom is -0.471 e. The Bertz CT molecular complexity index is 1110. The molecular weight excluding hydrogens is 441 g/mol. The fourth-order valence-corrected chi connectivity index (χ4v) is 4.16. The van der Waals surface area contributed by atoms with Gasteiger partial charge in [-0.3, -0.25) is 0 Å². The maximum absolute atomic E-state index is 14.6. The summed E-state index contributed by atoms with van der Waals surface area (Å²) in [6, 6.07) is 13.2. The number of alkyl halides is 1. The summed E-state index contributed by atoms with van der Waals surface area (Å²) < 4.78 is 23.8. The molecule has 1 fully saturated rings. The number of nitrogens with zero attached hydrogens (tertiary/aromatic N) is 4. The van der Waals surface area contributed by atoms with E-state index >= 15 is 0 Å². The molecule has 1 aliphatic heterocycles. The van der Waals surface area contributed by atoms with Crippen LogP contribution in [-0.4, -0.2) is 58.0 Å². The minimum atomic E-state index is -1.15. The lowest BCUT2D eigenvalue weighted by Crippen LogP contribution is -2.45. The van der Waals surface area contributed by atoms with Gasteiger partial charge in [0.2, 0.25) is 5.88 Å². The number of nitrogens with two attached hydrogens (primary N) is 1. The number of rotatable bonds is 7. The summed E-state index contributed by atoms with van der Waals surface area (Å²) in [5.74, 6) is 0.647. The molecule has 2 atom stereocenters. The van der Waals surface area contributed by atoms with Gasteiger partial charge in [0, 0.05) is 48.2 Å². The number of ether oxygens (including phenoxy) is 1. The number of likely N-dealkylation sites (tertiary alicyclic amines) is 1. The maximum atomic E-state index is 14.6. The molecule has 2 unspecified atom stereocenters. The van der Waals surface area contributed by atoms with Gasteiger partial charge < -0.3 is 25.5 Å². The average Bonchev–Trinajstić information content (AvgIpc) is 2.80. The highest BCUT2D eigenvalue weighted by Crippen LogP contribution is 2.30. The number of halogens is 1. The Morgan fingerprint density at radius 3 is 2.70 bits per heavy atom. The van der Waals surface area contributed by atoms with Gasteiger partial charge in [-0.2, -0.15) is 4.98 Å². The average molecular weight is 468 g/mol. The third-order valence-electron chi connectivity index (χ3n) is 5.28. The van der Waals surface area contributed by atoms with E-state index in [4.69, 9.17) is 15.9 Å². The van der Waals surface area contributed by atoms with E-state index in [0.29, 0.717) is 24.4 Å². The second-order valence-corrected chi connectivity index (χ2v) is 8.74. The summed E-state index contributed by atoms with van der Waals surface area (Å²) in [5.41, 5.74) is 8.26. The first-order chi connectivity index (χ1) is 15.9. The van der Waals surface area contributed by atoms with Gasteiger partial charge in [0.25, 0.3) is 0 Å². The number of pyridine rings is 1. The third kappa shape index (κ3) is 5.58. The van der Waals surface area contributed by atoms with Crippen molar-refractivity contribution in [1.29, 1.82) is 5.41 Å². The number of nitrogens with one attached hydrogen (secondary N) is 2. The first-order valence-corrected chi connectivity index (χ1v) is 11.4. The van der Waals surface area contributed by atoms with E-state index < -0.39 is 12.3 Å². The molecule has 1 saturated heterocycles. The summed E-state index contributed by atoms with van der Waals surface area (Å²) in [6.45, 7) is 2.60. The second kappa shape index (κ2) is 10.1. The number of piperidine rings is 1. The maximum Gasteiger partial charge on any atom is 0.228 e. The molecule has 0 spiro atoms. The topological polar surface area (TPSA) is 113 Å². The van der Waals surface area contributed by atoms with E-state index in [-0.39, 0.29) is 17.4 Å². The fraction of sp³-hybridized carbons (Fsp3) is 0.304. The van der Waals surface area contributed by atoms with Crippen LogP contribution >= 0.6 is 11.9 Å². The molecule has 2 aromatic heterocycles. The molecule has 3 heterocycles. The van der Waals surface area contributed by atoms with Crippen molar-refractivity contribution in [1.82, 2.24) is 19.9 Å². The number of aromatic nitrogens is 3. The third-order valence-corrected chi connectivity index (χ3v) is 6.07. The Kier molecular flexibility index (Phi) is 7.05. The van der Waals surface area contributed by atoms with Crippen molar-refractivity contribution in [3.05, 3.63) is 54.2 Å². The zero-order chi connectivity index (χ0) is 23.4. The van der Waals surface area contributed by atoms with Gasteiger partial charge in [-0.25, -0.2) is 14.4 Å². The van der Waals surface area contributed by atoms with Crippen LogP contribution in [0.2, 0.25) is 0 Å². The van der Waals surface area contributed by atoms with Gasteiger partial charge in [0.05, 0.1) is 5.56 Å². The molecule has 0 radical (unpaired) electrons. The highest BCUT2D eigenvalue weighted by Gasteiger charge is 2.31. The van der Waals surface area contributed by atoms with E-state index in [9.17, 15) is 4.39 Å². The van der Waals surface area contributed by atoms with Crippen molar-refractivity contribution in [3.8, 4) is 17.3 Å². The van der Waals surface area contributed by atoms with Crippen molar-refractivity contribution in [2.24, 2.45) is 0 Å². The quantitative estimate of drug-likeness (QED) is 0.352. The molecule has 172 valence electrons. The second-order valence-electron chi connectivity index (χ2n) is 7.91. The molecule has 3 aromatic rings. The van der Waals surface area contributed by atoms with E-state index in [2.05, 4.69) is 19.7 Å². The van der Waals surface area contributed by atoms with Crippen LogP contribution in [0.4, 0.5) is 15.9 Å². The smallest absolute Gasteiger partial charge is 0.228 e. The lowest BCUT2D eigenvalue weighted by molar-refractivity contribution is 0.0286. The monoisotopic (exact) mass is 467 g/mol. The molecule has 33 heavy (non-hydrogen) atoms. The van der Waals surface area contributed by atoms with E-state index in [1.165, 1.54) is 11.9 Å². The lowest BCUT2D eigenvalue weighted by Gasteiger charge is -2.32. The zero-order valence-electron chi connectivity index (χ0n) is 18.5. The summed E-state index contributed by atoms with van der Waals surface area (Å²) in [6.07, 6.45) is 0.480. The van der Waals surface area contributed by atoms with Gasteiger partial charge in [-0.15, -0.1) is 0 Å². The van der Waals surface area contributed by atoms with Crippen LogP contribution < -0.4 is 15.2 Å². The van der Waals surface area contributed by atoms with Crippen molar-refractivity contribution in [3.63, 3.8) is 0 Å². The first kappa shape index (κ1) is 22.9. The van der Waals surface area contributed by atoms with Gasteiger partial charge in [-0.05, 0) is 56.8 Å². The summed E-state index contributed by atoms with van der Waals surface area (Å²) in [7, 11) is 1.88. The Hall–Kier alpha value is -3.24. The highest BCUT2D eigenvalue weighted by molar-refractivity contribution is 8.00. The predicted molar refractivity (Wildman–Crippen MR) is 130 cm³/mol. The SMILES string of the molecule is CC(=N)c1c(N)nc(-c2ccc(NSc3ccccn3)cc2)nc1OC1CCN(C)CC1F. The number of hydrogen-bond donors (Lipinski definition) is 3. The van der Waals surface area contributed by atoms with Crippen LogP contribution in [0.25, 0.3) is 11.4 Å². The van der Waals surface area contributed by atoms with Crippen molar-refractivity contribution in [2.75, 3.05) is 30.6 Å². The molecule has 10 heteroatoms. The largest absolute Gasteiger partial charge is 0.471 e. The van der Waals surface area contributed by atoms with Crippen molar-refractivity contribution >= 4 is 29.2 Å². The van der Waals surface area contributed by atoms with E-state index in [1.54, 1.807) is 13.1 Å². The molecular formula is C23H26FN7OS. The number of anilines is 2. The normalized spacial score (nSPS) is 18.6. The molecule has 0 saturated carbocycles. The van der Waals surface area contributed by atoms with Gasteiger partial charge in [-0.1, -0.05) is 6.07 Å². The first-order valence-electron chi connectivity index (χ1n) is 10.6. The molecule has 0 amide bonds. The van der Waals surface area contributed by atoms with Crippen LogP contribution in [-0.2, 0) is 0 Å². The summed E-state index contributed by atoms with van der Waals surface area (Å²) in [4.78, 5) is 15.1. The number of hydrogen-bond acceptors (Lipinski definition) is 9. The van der Waals surface area contributed by atoms with E-state index in [0.717, 1.165) is 22.8 Å². The fourth-order valence-electron chi connectivity index (χ4n) is 3.54. The number of nitrogen functional groups attached to an aromatic ring is 1. The zero-order valence-corrected chi connectivity index (χ0v) is 19.3. The molecule has 4 rings (SSSR count).